The first-order chi connectivity index (χ1) is 5.33. The van der Waals surface area contributed by atoms with Gasteiger partial charge in [-0.05, 0) is 13.3 Å². The molecule has 0 bridgehead atoms. The molecule has 2 heteroatoms. The van der Waals surface area contributed by atoms with Gasteiger partial charge in [0.05, 0.1) is 19.3 Å². The van der Waals surface area contributed by atoms with E-state index >= 15 is 0 Å². The lowest BCUT2D eigenvalue weighted by molar-refractivity contribution is 0.0482. The molecule has 1 aliphatic heterocycles. The Hall–Kier alpha value is -0.0800. The molecule has 1 radical (unpaired) electrons. The van der Waals surface area contributed by atoms with Gasteiger partial charge in [0, 0.05) is 0 Å². The first-order valence-electron chi connectivity index (χ1n) is 4.35. The minimum absolute atomic E-state index is 0.376. The largest absolute Gasteiger partial charge is 0.376 e. The van der Waals surface area contributed by atoms with Gasteiger partial charge in [0.25, 0.3) is 0 Å². The Morgan fingerprint density at radius 2 is 2.45 bits per heavy atom. The molecule has 65 valence electrons. The summed E-state index contributed by atoms with van der Waals surface area (Å²) in [5, 5.41) is 0. The number of ether oxygens (including phenoxy) is 2. The topological polar surface area (TPSA) is 21.8 Å². The van der Waals surface area contributed by atoms with E-state index in [9.17, 15) is 0 Å². The molecular weight excluding hydrogens is 140 g/mol. The van der Waals surface area contributed by atoms with Crippen LogP contribution in [0.25, 0.3) is 0 Å². The van der Waals surface area contributed by atoms with Crippen molar-refractivity contribution in [3.63, 3.8) is 0 Å². The number of hydrogen-bond acceptors (Lipinski definition) is 2. The Labute approximate surface area is 68.9 Å². The molecule has 1 saturated heterocycles. The van der Waals surface area contributed by atoms with E-state index in [0.717, 1.165) is 32.5 Å². The average Bonchev–Trinajstić information content (AvgIpc) is 2.80. The molecule has 2 nitrogen and oxygen atoms in total. The lowest BCUT2D eigenvalue weighted by Crippen LogP contribution is -2.12. The number of hydrogen-bond donors (Lipinski definition) is 0. The third kappa shape index (κ3) is 4.38. The summed E-state index contributed by atoms with van der Waals surface area (Å²) >= 11 is 0. The van der Waals surface area contributed by atoms with Crippen molar-refractivity contribution in [3.05, 3.63) is 6.92 Å². The summed E-state index contributed by atoms with van der Waals surface area (Å²) in [5.74, 6) is 0. The fourth-order valence-corrected chi connectivity index (χ4v) is 0.951. The van der Waals surface area contributed by atoms with E-state index in [1.54, 1.807) is 0 Å². The molecule has 0 aromatic carbocycles. The third-order valence-corrected chi connectivity index (χ3v) is 1.83. The molecule has 0 aromatic rings. The molecule has 11 heavy (non-hydrogen) atoms. The minimum atomic E-state index is 0.376. The van der Waals surface area contributed by atoms with Crippen LogP contribution in [0.4, 0.5) is 0 Å². The highest BCUT2D eigenvalue weighted by atomic mass is 16.6. The summed E-state index contributed by atoms with van der Waals surface area (Å²) in [6.45, 7) is 7.56. The van der Waals surface area contributed by atoms with Gasteiger partial charge in [0.15, 0.2) is 0 Å². The van der Waals surface area contributed by atoms with Crippen LogP contribution in [0, 0.1) is 6.92 Å². The van der Waals surface area contributed by atoms with Gasteiger partial charge in [-0.2, -0.15) is 0 Å². The van der Waals surface area contributed by atoms with E-state index in [0.29, 0.717) is 12.2 Å². The Morgan fingerprint density at radius 3 is 3.00 bits per heavy atom. The van der Waals surface area contributed by atoms with Crippen LogP contribution in [0.3, 0.4) is 0 Å². The van der Waals surface area contributed by atoms with Crippen LogP contribution < -0.4 is 0 Å². The van der Waals surface area contributed by atoms with E-state index in [1.807, 2.05) is 0 Å². The second kappa shape index (κ2) is 4.73. The van der Waals surface area contributed by atoms with Gasteiger partial charge in [-0.1, -0.05) is 19.8 Å². The van der Waals surface area contributed by atoms with Crippen molar-refractivity contribution in [2.24, 2.45) is 0 Å². The van der Waals surface area contributed by atoms with E-state index < -0.39 is 0 Å². The van der Waals surface area contributed by atoms with Gasteiger partial charge in [0.1, 0.15) is 6.10 Å². The zero-order chi connectivity index (χ0) is 8.10. The quantitative estimate of drug-likeness (QED) is 0.548. The number of unbranched alkanes of at least 4 members (excludes halogenated alkanes) is 1. The first kappa shape index (κ1) is 9.01. The van der Waals surface area contributed by atoms with E-state index in [-0.39, 0.29) is 0 Å². The van der Waals surface area contributed by atoms with Crippen molar-refractivity contribution < 1.29 is 9.47 Å². The molecule has 0 N–H and O–H groups in total. The van der Waals surface area contributed by atoms with Gasteiger partial charge >= 0.3 is 0 Å². The van der Waals surface area contributed by atoms with Crippen molar-refractivity contribution in [1.29, 1.82) is 0 Å². The summed E-state index contributed by atoms with van der Waals surface area (Å²) in [6, 6.07) is 0. The molecule has 0 spiro atoms. The Morgan fingerprint density at radius 1 is 1.73 bits per heavy atom. The molecule has 0 amide bonds. The van der Waals surface area contributed by atoms with Gasteiger partial charge in [0.2, 0.25) is 0 Å². The predicted molar refractivity (Wildman–Crippen MR) is 44.4 cm³/mol. The van der Waals surface area contributed by atoms with Crippen molar-refractivity contribution >= 4 is 0 Å². The zero-order valence-corrected chi connectivity index (χ0v) is 7.21. The molecule has 0 aromatic heterocycles. The second-order valence-corrected chi connectivity index (χ2v) is 3.10. The fourth-order valence-electron chi connectivity index (χ4n) is 0.951. The second-order valence-electron chi connectivity index (χ2n) is 3.10. The zero-order valence-electron chi connectivity index (χ0n) is 7.21. The maximum absolute atomic E-state index is 5.52. The van der Waals surface area contributed by atoms with Crippen LogP contribution in [0.2, 0.25) is 0 Å². The molecular formula is C9H17O2. The van der Waals surface area contributed by atoms with Crippen LogP contribution in [-0.4, -0.2) is 25.4 Å². The van der Waals surface area contributed by atoms with Gasteiger partial charge in [-0.25, -0.2) is 0 Å². The summed E-state index contributed by atoms with van der Waals surface area (Å²) in [7, 11) is 0. The third-order valence-electron chi connectivity index (χ3n) is 1.83. The van der Waals surface area contributed by atoms with E-state index in [4.69, 9.17) is 9.47 Å². The summed E-state index contributed by atoms with van der Waals surface area (Å²) in [4.78, 5) is 0. The predicted octanol–water partition coefficient (Wildman–Crippen LogP) is 1.79. The van der Waals surface area contributed by atoms with Crippen molar-refractivity contribution in [1.82, 2.24) is 0 Å². The van der Waals surface area contributed by atoms with Crippen LogP contribution in [-0.2, 0) is 9.47 Å². The Bertz CT molecular complexity index is 99.7. The van der Waals surface area contributed by atoms with Gasteiger partial charge < -0.3 is 9.47 Å². The van der Waals surface area contributed by atoms with Crippen molar-refractivity contribution in [2.45, 2.75) is 38.4 Å². The molecule has 0 saturated carbocycles. The maximum Gasteiger partial charge on any atom is 0.104 e. The Balaban J connectivity index is 1.87. The molecule has 1 rings (SSSR count). The summed E-state index contributed by atoms with van der Waals surface area (Å²) in [6.07, 6.45) is 4.06. The molecule has 1 heterocycles. The highest BCUT2D eigenvalue weighted by Crippen LogP contribution is 2.11. The van der Waals surface area contributed by atoms with Gasteiger partial charge in [-0.3, -0.25) is 0 Å². The summed E-state index contributed by atoms with van der Waals surface area (Å²) in [5.41, 5.74) is 0. The van der Waals surface area contributed by atoms with Crippen molar-refractivity contribution in [2.75, 3.05) is 13.2 Å². The average molecular weight is 157 g/mol. The maximum atomic E-state index is 5.52. The highest BCUT2D eigenvalue weighted by Gasteiger charge is 2.23. The van der Waals surface area contributed by atoms with Crippen LogP contribution in [0.1, 0.15) is 26.2 Å². The summed E-state index contributed by atoms with van der Waals surface area (Å²) < 4.78 is 10.5. The van der Waals surface area contributed by atoms with Gasteiger partial charge in [-0.15, -0.1) is 0 Å². The molecule has 0 aliphatic carbocycles. The number of epoxide rings is 1. The van der Waals surface area contributed by atoms with E-state index in [1.165, 1.54) is 0 Å². The lowest BCUT2D eigenvalue weighted by atomic mass is 10.2. The smallest absolute Gasteiger partial charge is 0.104 e. The standard InChI is InChI=1S/C9H17O2/c1-3-4-5-8(2)10-6-9-7-11-9/h8-9H,1,3-7H2,2H3. The van der Waals surface area contributed by atoms with Crippen molar-refractivity contribution in [3.8, 4) is 0 Å². The number of rotatable bonds is 6. The minimum Gasteiger partial charge on any atom is -0.376 e. The monoisotopic (exact) mass is 157 g/mol. The van der Waals surface area contributed by atoms with Crippen LogP contribution >= 0.6 is 0 Å². The fraction of sp³-hybridized carbons (Fsp3) is 0.889. The lowest BCUT2D eigenvalue weighted by Gasteiger charge is -2.10. The molecule has 2 unspecified atom stereocenters. The highest BCUT2D eigenvalue weighted by molar-refractivity contribution is 4.68. The molecule has 2 atom stereocenters. The van der Waals surface area contributed by atoms with Crippen LogP contribution in [0.5, 0.6) is 0 Å². The Kier molecular flexibility index (Phi) is 3.87. The normalized spacial score (nSPS) is 25.1. The van der Waals surface area contributed by atoms with Crippen LogP contribution in [0.15, 0.2) is 0 Å². The SMILES string of the molecule is [CH2]CCCC(C)OCC1CO1. The molecule has 1 fully saturated rings. The van der Waals surface area contributed by atoms with E-state index in [2.05, 4.69) is 13.8 Å². The molecule has 1 aliphatic rings. The first-order valence-corrected chi connectivity index (χ1v) is 4.35.